The lowest BCUT2D eigenvalue weighted by Crippen LogP contribution is -2.51. The summed E-state index contributed by atoms with van der Waals surface area (Å²) in [5.41, 5.74) is -0.0649. The van der Waals surface area contributed by atoms with Gasteiger partial charge in [0, 0.05) is 12.2 Å². The highest BCUT2D eigenvalue weighted by atomic mass is 16.6. The summed E-state index contributed by atoms with van der Waals surface area (Å²) in [4.78, 5) is 47.3. The monoisotopic (exact) mass is 591 g/mol. The molecule has 3 aromatic rings. The smallest absolute Gasteiger partial charge is 0.421 e. The largest absolute Gasteiger partial charge is 0.443 e. The van der Waals surface area contributed by atoms with Crippen LogP contribution in [0, 0.1) is 0 Å². The molecule has 43 heavy (non-hydrogen) atoms. The average Bonchev–Trinajstić information content (AvgIpc) is 3.38. The number of rotatable bonds is 4. The molecule has 0 radical (unpaired) electrons. The second kappa shape index (κ2) is 10.8. The summed E-state index contributed by atoms with van der Waals surface area (Å²) in [5, 5.41) is 11.3. The predicted octanol–water partition coefficient (Wildman–Crippen LogP) is 5.53. The fourth-order valence-electron chi connectivity index (χ4n) is 5.37. The minimum absolute atomic E-state index is 0.119. The van der Waals surface area contributed by atoms with Gasteiger partial charge in [-0.25, -0.2) is 14.5 Å². The third-order valence-electron chi connectivity index (χ3n) is 7.29. The van der Waals surface area contributed by atoms with E-state index in [4.69, 9.17) is 14.6 Å². The van der Waals surface area contributed by atoms with Crippen molar-refractivity contribution in [2.75, 3.05) is 28.2 Å². The number of pyridine rings is 1. The van der Waals surface area contributed by atoms with Crippen molar-refractivity contribution in [1.82, 2.24) is 19.9 Å². The molecule has 1 aromatic carbocycles. The van der Waals surface area contributed by atoms with E-state index < -0.39 is 28.8 Å². The van der Waals surface area contributed by atoms with Crippen LogP contribution in [0.4, 0.5) is 32.7 Å². The van der Waals surface area contributed by atoms with Crippen LogP contribution < -0.4 is 20.4 Å². The first-order valence-corrected chi connectivity index (χ1v) is 14.6. The first kappa shape index (κ1) is 30.3. The van der Waals surface area contributed by atoms with E-state index in [0.717, 1.165) is 24.3 Å². The van der Waals surface area contributed by atoms with E-state index in [1.807, 2.05) is 51.1 Å². The summed E-state index contributed by atoms with van der Waals surface area (Å²) < 4.78 is 13.0. The molecule has 2 aliphatic heterocycles. The summed E-state index contributed by atoms with van der Waals surface area (Å²) in [6, 6.07) is 10.7. The van der Waals surface area contributed by atoms with E-state index in [-0.39, 0.29) is 17.9 Å². The Labute approximate surface area is 251 Å². The van der Waals surface area contributed by atoms with E-state index in [2.05, 4.69) is 15.6 Å². The van der Waals surface area contributed by atoms with Crippen LogP contribution in [0.25, 0.3) is 5.65 Å². The molecule has 0 bridgehead atoms. The Balaban J connectivity index is 1.49. The number of amides is 3. The molecule has 0 saturated carbocycles. The Hall–Kier alpha value is -4.19. The Morgan fingerprint density at radius 3 is 2.44 bits per heavy atom. The maximum atomic E-state index is 13.5. The highest BCUT2D eigenvalue weighted by Gasteiger charge is 2.48. The first-order chi connectivity index (χ1) is 20.0. The topological polar surface area (TPSA) is 130 Å². The molecular formula is C31H41N7O5. The quantitative estimate of drug-likeness (QED) is 0.402. The SMILES string of the molecule is CC(C)(C)OC(=O)N1C(=O)C(C)(C)c2ccc(Nc3nc4cccc(N(C(=O)OC(C)(C)C)[C@H]5CCCNC5)n4n3)cc21. The van der Waals surface area contributed by atoms with E-state index in [1.165, 1.54) is 0 Å². The average molecular weight is 592 g/mol. The number of imide groups is 1. The molecule has 4 heterocycles. The fraction of sp³-hybridized carbons (Fsp3) is 0.516. The molecule has 12 heteroatoms. The lowest BCUT2D eigenvalue weighted by atomic mass is 9.86. The van der Waals surface area contributed by atoms with Crippen molar-refractivity contribution in [2.24, 2.45) is 0 Å². The highest BCUT2D eigenvalue weighted by Crippen LogP contribution is 2.43. The van der Waals surface area contributed by atoms with E-state index in [0.29, 0.717) is 34.9 Å². The number of carbonyl (C=O) groups is 3. The maximum absolute atomic E-state index is 13.5. The highest BCUT2D eigenvalue weighted by molar-refractivity contribution is 6.21. The van der Waals surface area contributed by atoms with Crippen molar-refractivity contribution in [3.05, 3.63) is 42.0 Å². The zero-order valence-corrected chi connectivity index (χ0v) is 26.1. The minimum Gasteiger partial charge on any atom is -0.443 e. The molecule has 0 unspecified atom stereocenters. The van der Waals surface area contributed by atoms with Gasteiger partial charge in [-0.1, -0.05) is 12.1 Å². The van der Waals surface area contributed by atoms with Gasteiger partial charge in [-0.05, 0) is 105 Å². The third-order valence-corrected chi connectivity index (χ3v) is 7.29. The van der Waals surface area contributed by atoms with Crippen molar-refractivity contribution in [3.8, 4) is 0 Å². The normalized spacial score (nSPS) is 18.4. The van der Waals surface area contributed by atoms with Crippen LogP contribution in [0.2, 0.25) is 0 Å². The number of aromatic nitrogens is 3. The number of hydrogen-bond acceptors (Lipinski definition) is 9. The number of nitrogens with zero attached hydrogens (tertiary/aromatic N) is 5. The summed E-state index contributed by atoms with van der Waals surface area (Å²) in [5.74, 6) is 0.466. The summed E-state index contributed by atoms with van der Waals surface area (Å²) in [6.45, 7) is 15.9. The molecule has 0 aliphatic carbocycles. The predicted molar refractivity (Wildman–Crippen MR) is 164 cm³/mol. The zero-order chi connectivity index (χ0) is 31.3. The molecule has 2 aliphatic rings. The van der Waals surface area contributed by atoms with Gasteiger partial charge in [-0.2, -0.15) is 9.50 Å². The van der Waals surface area contributed by atoms with Gasteiger partial charge in [0.05, 0.1) is 17.1 Å². The second-order valence-corrected chi connectivity index (χ2v) is 13.5. The van der Waals surface area contributed by atoms with Crippen LogP contribution in [-0.4, -0.2) is 63.0 Å². The standard InChI is InChI=1S/C31H41N7O5/c1-29(2,3)42-27(40)36(20-11-10-16-32-18-20)24-13-9-12-23-34-26(35-38(23)24)33-19-14-15-21-22(17-19)37(25(39)31(21,7)8)28(41)43-30(4,5)6/h9,12-15,17,20,32H,10-11,16,18H2,1-8H3,(H,33,35)/t20-/m0/s1. The number of hydrogen-bond donors (Lipinski definition) is 2. The molecule has 0 spiro atoms. The molecule has 1 fully saturated rings. The van der Waals surface area contributed by atoms with Crippen LogP contribution >= 0.6 is 0 Å². The number of piperidine rings is 1. The maximum Gasteiger partial charge on any atom is 0.421 e. The fourth-order valence-corrected chi connectivity index (χ4v) is 5.37. The van der Waals surface area contributed by atoms with Gasteiger partial charge in [-0.3, -0.25) is 9.69 Å². The molecule has 230 valence electrons. The first-order valence-electron chi connectivity index (χ1n) is 14.6. The van der Waals surface area contributed by atoms with E-state index in [1.54, 1.807) is 50.1 Å². The number of fused-ring (bicyclic) bond motifs is 2. The third kappa shape index (κ3) is 6.15. The van der Waals surface area contributed by atoms with Crippen LogP contribution in [0.3, 0.4) is 0 Å². The lowest BCUT2D eigenvalue weighted by molar-refractivity contribution is -0.121. The Morgan fingerprint density at radius 2 is 1.79 bits per heavy atom. The molecule has 2 N–H and O–H groups in total. The van der Waals surface area contributed by atoms with Gasteiger partial charge in [0.2, 0.25) is 11.9 Å². The number of nitrogens with one attached hydrogen (secondary N) is 2. The van der Waals surface area contributed by atoms with Gasteiger partial charge in [0.25, 0.3) is 0 Å². The minimum atomic E-state index is -0.903. The van der Waals surface area contributed by atoms with Gasteiger partial charge >= 0.3 is 12.2 Å². The van der Waals surface area contributed by atoms with Crippen LogP contribution in [-0.2, 0) is 19.7 Å². The van der Waals surface area contributed by atoms with Gasteiger partial charge in [0.15, 0.2) is 5.65 Å². The van der Waals surface area contributed by atoms with Crippen molar-refractivity contribution < 1.29 is 23.9 Å². The molecule has 3 amide bonds. The second-order valence-electron chi connectivity index (χ2n) is 13.5. The summed E-state index contributed by atoms with van der Waals surface area (Å²) >= 11 is 0. The van der Waals surface area contributed by atoms with Gasteiger partial charge in [0.1, 0.15) is 17.0 Å². The summed E-state index contributed by atoms with van der Waals surface area (Å²) in [7, 11) is 0. The van der Waals surface area contributed by atoms with Crippen molar-refractivity contribution >= 4 is 46.9 Å². The van der Waals surface area contributed by atoms with E-state index >= 15 is 0 Å². The zero-order valence-electron chi connectivity index (χ0n) is 26.1. The molecule has 2 aromatic heterocycles. The lowest BCUT2D eigenvalue weighted by Gasteiger charge is -2.35. The molecule has 1 saturated heterocycles. The molecule has 1 atom stereocenters. The van der Waals surface area contributed by atoms with Crippen molar-refractivity contribution in [1.29, 1.82) is 0 Å². The molecular weight excluding hydrogens is 550 g/mol. The Morgan fingerprint density at radius 1 is 1.07 bits per heavy atom. The Bertz CT molecular complexity index is 1560. The van der Waals surface area contributed by atoms with Crippen LogP contribution in [0.15, 0.2) is 36.4 Å². The summed E-state index contributed by atoms with van der Waals surface area (Å²) in [6.07, 6.45) is 0.575. The molecule has 5 rings (SSSR count). The molecule has 12 nitrogen and oxygen atoms in total. The number of anilines is 4. The van der Waals surface area contributed by atoms with Crippen molar-refractivity contribution in [2.45, 2.75) is 90.9 Å². The number of carbonyl (C=O) groups excluding carboxylic acids is 3. The van der Waals surface area contributed by atoms with E-state index in [9.17, 15) is 14.4 Å². The van der Waals surface area contributed by atoms with Gasteiger partial charge < -0.3 is 20.1 Å². The number of ether oxygens (including phenoxy) is 2. The Kier molecular flexibility index (Phi) is 7.62. The van der Waals surface area contributed by atoms with Crippen LogP contribution in [0.1, 0.15) is 73.8 Å². The van der Waals surface area contributed by atoms with Gasteiger partial charge in [-0.15, -0.1) is 5.10 Å². The number of benzene rings is 1. The van der Waals surface area contributed by atoms with Crippen LogP contribution in [0.5, 0.6) is 0 Å². The van der Waals surface area contributed by atoms with Crippen molar-refractivity contribution in [3.63, 3.8) is 0 Å².